The Morgan fingerprint density at radius 1 is 1.25 bits per heavy atom. The van der Waals surface area contributed by atoms with Crippen molar-refractivity contribution < 1.29 is 24.2 Å². The molecule has 0 bridgehead atoms. The van der Waals surface area contributed by atoms with Crippen LogP contribution in [-0.2, 0) is 16.2 Å². The summed E-state index contributed by atoms with van der Waals surface area (Å²) in [5, 5.41) is 11.8. The average molecular weight is 516 g/mol. The molecule has 2 rings (SSSR count). The lowest BCUT2D eigenvalue weighted by Gasteiger charge is -2.15. The third kappa shape index (κ3) is 6.13. The number of benzene rings is 2. The molecule has 0 atom stereocenters. The summed E-state index contributed by atoms with van der Waals surface area (Å²) < 4.78 is 12.6. The molecule has 2 N–H and O–H groups in total. The van der Waals surface area contributed by atoms with Crippen LogP contribution in [-0.4, -0.2) is 23.6 Å². The van der Waals surface area contributed by atoms with Crippen LogP contribution in [0.1, 0.15) is 25.0 Å². The topological polar surface area (TPSA) is 84.9 Å². The van der Waals surface area contributed by atoms with E-state index in [1.54, 1.807) is 12.1 Å². The van der Waals surface area contributed by atoms with Crippen LogP contribution in [0.2, 0.25) is 5.02 Å². The minimum absolute atomic E-state index is 0.265. The molecule has 1 amide bonds. The predicted molar refractivity (Wildman–Crippen MR) is 116 cm³/mol. The summed E-state index contributed by atoms with van der Waals surface area (Å²) in [6.45, 7) is 3.73. The van der Waals surface area contributed by atoms with Gasteiger partial charge in [-0.2, -0.15) is 0 Å². The van der Waals surface area contributed by atoms with E-state index in [1.807, 2.05) is 31.2 Å². The van der Waals surface area contributed by atoms with E-state index in [2.05, 4.69) is 27.9 Å². The maximum Gasteiger partial charge on any atom is 0.352 e. The summed E-state index contributed by atoms with van der Waals surface area (Å²) in [7, 11) is 0. The molecule has 0 unspecified atom stereocenters. The van der Waals surface area contributed by atoms with Gasteiger partial charge in [0.1, 0.15) is 12.3 Å². The third-order valence-corrected chi connectivity index (χ3v) is 4.85. The second-order valence-corrected chi connectivity index (χ2v) is 7.26. The van der Waals surface area contributed by atoms with E-state index in [1.165, 1.54) is 13.0 Å². The molecule has 0 aliphatic carbocycles. The number of carbonyl (C=O) groups is 2. The summed E-state index contributed by atoms with van der Waals surface area (Å²) >= 11 is 8.60. The van der Waals surface area contributed by atoms with Gasteiger partial charge in [0.05, 0.1) is 11.6 Å². The molecule has 0 fully saturated rings. The first-order chi connectivity index (χ1) is 13.3. The van der Waals surface area contributed by atoms with Crippen LogP contribution in [0.25, 0.3) is 6.08 Å². The van der Waals surface area contributed by atoms with Gasteiger partial charge in [0.25, 0.3) is 0 Å². The SMILES string of the molecule is CCOc1cc(/C=C(/NC(C)=O)C(=O)O)cc(Cl)c1OCc1ccccc1I. The summed E-state index contributed by atoms with van der Waals surface area (Å²) in [6.07, 6.45) is 1.31. The van der Waals surface area contributed by atoms with Gasteiger partial charge in [-0.25, -0.2) is 4.79 Å². The molecule has 0 radical (unpaired) electrons. The monoisotopic (exact) mass is 515 g/mol. The molecule has 2 aromatic rings. The number of hydrogen-bond acceptors (Lipinski definition) is 4. The Labute approximate surface area is 181 Å². The van der Waals surface area contributed by atoms with Gasteiger partial charge in [0.15, 0.2) is 11.5 Å². The second kappa shape index (κ2) is 10.3. The zero-order chi connectivity index (χ0) is 20.7. The van der Waals surface area contributed by atoms with Crippen LogP contribution in [0.5, 0.6) is 11.5 Å². The Kier molecular flexibility index (Phi) is 8.13. The van der Waals surface area contributed by atoms with Gasteiger partial charge in [0, 0.05) is 16.1 Å². The summed E-state index contributed by atoms with van der Waals surface area (Å²) in [5.74, 6) is -0.984. The zero-order valence-electron chi connectivity index (χ0n) is 15.3. The van der Waals surface area contributed by atoms with Crippen LogP contribution in [0.15, 0.2) is 42.1 Å². The molecule has 0 aromatic heterocycles. The predicted octanol–water partition coefficient (Wildman–Crippen LogP) is 4.48. The number of aliphatic carboxylic acids is 1. The number of nitrogens with one attached hydrogen (secondary N) is 1. The highest BCUT2D eigenvalue weighted by Crippen LogP contribution is 2.38. The fraction of sp³-hybridized carbons (Fsp3) is 0.200. The third-order valence-electron chi connectivity index (χ3n) is 3.51. The fourth-order valence-electron chi connectivity index (χ4n) is 2.35. The number of hydrogen-bond donors (Lipinski definition) is 2. The van der Waals surface area contributed by atoms with Gasteiger partial charge in [-0.1, -0.05) is 29.8 Å². The number of ether oxygens (including phenoxy) is 2. The molecular weight excluding hydrogens is 497 g/mol. The van der Waals surface area contributed by atoms with Gasteiger partial charge in [0.2, 0.25) is 5.91 Å². The molecule has 0 aliphatic rings. The Bertz CT molecular complexity index is 913. The highest BCUT2D eigenvalue weighted by atomic mass is 127. The van der Waals surface area contributed by atoms with Crippen LogP contribution in [0.3, 0.4) is 0 Å². The van der Waals surface area contributed by atoms with Gasteiger partial charge in [-0.15, -0.1) is 0 Å². The Morgan fingerprint density at radius 2 is 1.96 bits per heavy atom. The van der Waals surface area contributed by atoms with Crippen LogP contribution >= 0.6 is 34.2 Å². The minimum atomic E-state index is -1.26. The first kappa shape index (κ1) is 22.0. The highest BCUT2D eigenvalue weighted by molar-refractivity contribution is 14.1. The Hall–Kier alpha value is -2.26. The molecule has 0 spiro atoms. The van der Waals surface area contributed by atoms with Gasteiger partial charge >= 0.3 is 5.97 Å². The lowest BCUT2D eigenvalue weighted by atomic mass is 10.1. The average Bonchev–Trinajstić information content (AvgIpc) is 2.61. The number of amides is 1. The molecule has 8 heteroatoms. The van der Waals surface area contributed by atoms with Crippen molar-refractivity contribution >= 4 is 52.1 Å². The first-order valence-corrected chi connectivity index (χ1v) is 9.82. The summed E-state index contributed by atoms with van der Waals surface area (Å²) in [6, 6.07) is 11.0. The molecule has 28 heavy (non-hydrogen) atoms. The molecule has 148 valence electrons. The van der Waals surface area contributed by atoms with Crippen LogP contribution in [0, 0.1) is 3.57 Å². The Balaban J connectivity index is 2.36. The van der Waals surface area contributed by atoms with E-state index in [0.29, 0.717) is 30.3 Å². The molecule has 0 saturated carbocycles. The smallest absolute Gasteiger partial charge is 0.352 e. The molecule has 0 saturated heterocycles. The normalized spacial score (nSPS) is 11.1. The van der Waals surface area contributed by atoms with Gasteiger partial charge < -0.3 is 19.9 Å². The maximum absolute atomic E-state index is 11.3. The van der Waals surface area contributed by atoms with Crippen molar-refractivity contribution in [3.8, 4) is 11.5 Å². The van der Waals surface area contributed by atoms with Crippen molar-refractivity contribution in [3.63, 3.8) is 0 Å². The van der Waals surface area contributed by atoms with Crippen molar-refractivity contribution in [2.24, 2.45) is 0 Å². The van der Waals surface area contributed by atoms with Crippen LogP contribution in [0.4, 0.5) is 0 Å². The molecular formula is C20H19ClINO5. The summed E-state index contributed by atoms with van der Waals surface area (Å²) in [5.41, 5.74) is 1.20. The molecule has 0 heterocycles. The molecule has 0 aliphatic heterocycles. The minimum Gasteiger partial charge on any atom is -0.490 e. The lowest BCUT2D eigenvalue weighted by molar-refractivity contribution is -0.134. The van der Waals surface area contributed by atoms with Crippen molar-refractivity contribution in [1.29, 1.82) is 0 Å². The van der Waals surface area contributed by atoms with Crippen molar-refractivity contribution in [1.82, 2.24) is 5.32 Å². The second-order valence-electron chi connectivity index (χ2n) is 5.69. The van der Waals surface area contributed by atoms with Crippen molar-refractivity contribution in [3.05, 3.63) is 61.8 Å². The van der Waals surface area contributed by atoms with E-state index in [0.717, 1.165) is 9.13 Å². The van der Waals surface area contributed by atoms with Crippen LogP contribution < -0.4 is 14.8 Å². The van der Waals surface area contributed by atoms with Gasteiger partial charge in [-0.3, -0.25) is 4.79 Å². The number of halogens is 2. The van der Waals surface area contributed by atoms with Crippen molar-refractivity contribution in [2.75, 3.05) is 6.61 Å². The lowest BCUT2D eigenvalue weighted by Crippen LogP contribution is -2.24. The number of rotatable bonds is 8. The zero-order valence-corrected chi connectivity index (χ0v) is 18.2. The number of carboxylic acid groups (broad SMARTS) is 1. The van der Waals surface area contributed by atoms with E-state index >= 15 is 0 Å². The standard InChI is InChI=1S/C20H19ClINO5/c1-3-27-18-10-13(9-17(20(25)26)23-12(2)24)8-15(21)19(18)28-11-14-6-4-5-7-16(14)22/h4-10H,3,11H2,1-2H3,(H,23,24)(H,25,26)/b17-9+. The molecule has 6 nitrogen and oxygen atoms in total. The van der Waals surface area contributed by atoms with Gasteiger partial charge in [-0.05, 0) is 59.4 Å². The first-order valence-electron chi connectivity index (χ1n) is 8.37. The van der Waals surface area contributed by atoms with E-state index in [4.69, 9.17) is 21.1 Å². The maximum atomic E-state index is 11.3. The quantitative estimate of drug-likeness (QED) is 0.400. The number of carboxylic acids is 1. The fourth-order valence-corrected chi connectivity index (χ4v) is 3.16. The molecule has 2 aromatic carbocycles. The van der Waals surface area contributed by atoms with E-state index < -0.39 is 11.9 Å². The summed E-state index contributed by atoms with van der Waals surface area (Å²) in [4.78, 5) is 22.5. The largest absolute Gasteiger partial charge is 0.490 e. The van der Waals surface area contributed by atoms with Crippen molar-refractivity contribution in [2.45, 2.75) is 20.5 Å². The Morgan fingerprint density at radius 3 is 2.57 bits per heavy atom. The number of carbonyl (C=O) groups excluding carboxylic acids is 1. The van der Waals surface area contributed by atoms with E-state index in [-0.39, 0.29) is 10.7 Å². The highest BCUT2D eigenvalue weighted by Gasteiger charge is 2.15. The van der Waals surface area contributed by atoms with E-state index in [9.17, 15) is 14.7 Å².